The van der Waals surface area contributed by atoms with Crippen LogP contribution in [0.4, 0.5) is 0 Å². The first-order chi connectivity index (χ1) is 8.54. The van der Waals surface area contributed by atoms with Crippen LogP contribution in [-0.4, -0.2) is 50.6 Å². The van der Waals surface area contributed by atoms with Gasteiger partial charge in [-0.05, 0) is 26.2 Å². The molecule has 2 aliphatic rings. The Morgan fingerprint density at radius 1 is 1.33 bits per heavy atom. The molecule has 3 unspecified atom stereocenters. The van der Waals surface area contributed by atoms with Gasteiger partial charge in [-0.15, -0.1) is 0 Å². The Morgan fingerprint density at radius 3 is 2.56 bits per heavy atom. The molecule has 0 spiro atoms. The highest BCUT2D eigenvalue weighted by Gasteiger charge is 2.42. The fraction of sp³-hybridized carbons (Fsp3) is 1.00. The number of nitrogens with one attached hydrogen (secondary N) is 1. The molecule has 3 atom stereocenters. The highest BCUT2D eigenvalue weighted by molar-refractivity contribution is 7.87. The molecule has 7 heteroatoms. The lowest BCUT2D eigenvalue weighted by molar-refractivity contribution is -0.0253. The van der Waals surface area contributed by atoms with Crippen molar-refractivity contribution >= 4 is 10.2 Å². The van der Waals surface area contributed by atoms with Gasteiger partial charge < -0.3 is 10.5 Å². The molecule has 1 aliphatic carbocycles. The fourth-order valence-corrected chi connectivity index (χ4v) is 4.10. The van der Waals surface area contributed by atoms with Gasteiger partial charge in [0.05, 0.1) is 12.1 Å². The third-order valence-electron chi connectivity index (χ3n) is 3.69. The fourth-order valence-electron chi connectivity index (χ4n) is 2.54. The second kappa shape index (κ2) is 5.83. The number of piperidine rings is 1. The van der Waals surface area contributed by atoms with Crippen LogP contribution in [0.15, 0.2) is 0 Å². The Bertz CT molecular complexity index is 366. The highest BCUT2D eigenvalue weighted by Crippen LogP contribution is 2.24. The molecule has 0 radical (unpaired) electrons. The molecule has 1 aliphatic heterocycles. The highest BCUT2D eigenvalue weighted by atomic mass is 32.2. The number of rotatable bonds is 5. The molecule has 0 aromatic rings. The van der Waals surface area contributed by atoms with Crippen molar-refractivity contribution in [2.45, 2.75) is 50.8 Å². The van der Waals surface area contributed by atoms with E-state index in [1.54, 1.807) is 0 Å². The van der Waals surface area contributed by atoms with E-state index in [2.05, 4.69) is 4.72 Å². The maximum atomic E-state index is 12.2. The van der Waals surface area contributed by atoms with Crippen LogP contribution in [0.1, 0.15) is 32.6 Å². The van der Waals surface area contributed by atoms with E-state index in [0.29, 0.717) is 19.7 Å². The van der Waals surface area contributed by atoms with E-state index in [9.17, 15) is 8.42 Å². The van der Waals surface area contributed by atoms with Gasteiger partial charge in [-0.2, -0.15) is 17.4 Å². The average molecular weight is 277 g/mol. The predicted molar refractivity (Wildman–Crippen MR) is 69.3 cm³/mol. The molecule has 1 heterocycles. The van der Waals surface area contributed by atoms with Crippen LogP contribution in [0.2, 0.25) is 0 Å². The summed E-state index contributed by atoms with van der Waals surface area (Å²) in [6.07, 6.45) is 3.63. The molecule has 0 amide bonds. The number of hydrogen-bond acceptors (Lipinski definition) is 4. The lowest BCUT2D eigenvalue weighted by Gasteiger charge is -2.43. The summed E-state index contributed by atoms with van der Waals surface area (Å²) in [4.78, 5) is 0. The maximum Gasteiger partial charge on any atom is 0.279 e. The van der Waals surface area contributed by atoms with E-state index in [-0.39, 0.29) is 18.2 Å². The largest absolute Gasteiger partial charge is 0.377 e. The SMILES string of the molecule is CCOC1CC(N)C1NS(=O)(=O)N1CCCCC1. The smallest absolute Gasteiger partial charge is 0.279 e. The van der Waals surface area contributed by atoms with Gasteiger partial charge in [-0.25, -0.2) is 0 Å². The number of hydrogen-bond donors (Lipinski definition) is 2. The van der Waals surface area contributed by atoms with Gasteiger partial charge in [-0.1, -0.05) is 6.42 Å². The van der Waals surface area contributed by atoms with Crippen LogP contribution in [0.3, 0.4) is 0 Å². The van der Waals surface area contributed by atoms with Gasteiger partial charge in [0.15, 0.2) is 0 Å². The molecule has 2 fully saturated rings. The lowest BCUT2D eigenvalue weighted by Crippen LogP contribution is -2.66. The topological polar surface area (TPSA) is 84.7 Å². The number of nitrogens with two attached hydrogens (primary N) is 1. The van der Waals surface area contributed by atoms with Gasteiger partial charge in [0.1, 0.15) is 0 Å². The van der Waals surface area contributed by atoms with Crippen LogP contribution >= 0.6 is 0 Å². The summed E-state index contributed by atoms with van der Waals surface area (Å²) < 4.78 is 34.1. The number of ether oxygens (including phenoxy) is 1. The summed E-state index contributed by atoms with van der Waals surface area (Å²) in [5, 5.41) is 0. The van der Waals surface area contributed by atoms with Crippen molar-refractivity contribution < 1.29 is 13.2 Å². The first-order valence-corrected chi connectivity index (χ1v) is 8.13. The van der Waals surface area contributed by atoms with Crippen LogP contribution in [0, 0.1) is 0 Å². The lowest BCUT2D eigenvalue weighted by atomic mass is 9.84. The van der Waals surface area contributed by atoms with E-state index in [4.69, 9.17) is 10.5 Å². The third-order valence-corrected chi connectivity index (χ3v) is 5.30. The molecular formula is C11H23N3O3S. The molecule has 6 nitrogen and oxygen atoms in total. The second-order valence-electron chi connectivity index (χ2n) is 5.00. The monoisotopic (exact) mass is 277 g/mol. The van der Waals surface area contributed by atoms with Gasteiger partial charge in [-0.3, -0.25) is 0 Å². The molecule has 3 N–H and O–H groups in total. The Hall–Kier alpha value is -0.210. The third kappa shape index (κ3) is 3.03. The normalized spacial score (nSPS) is 34.2. The minimum atomic E-state index is -3.40. The van der Waals surface area contributed by atoms with Gasteiger partial charge in [0.25, 0.3) is 10.2 Å². The first-order valence-electron chi connectivity index (χ1n) is 6.69. The average Bonchev–Trinajstić information content (AvgIpc) is 2.37. The minimum absolute atomic E-state index is 0.0791. The zero-order valence-electron chi connectivity index (χ0n) is 10.8. The van der Waals surface area contributed by atoms with Crippen molar-refractivity contribution in [3.05, 3.63) is 0 Å². The standard InChI is InChI=1S/C11H23N3O3S/c1-2-17-10-8-9(12)11(10)13-18(15,16)14-6-4-3-5-7-14/h9-11,13H,2-8,12H2,1H3. The maximum absolute atomic E-state index is 12.2. The van der Waals surface area contributed by atoms with Crippen LogP contribution < -0.4 is 10.5 Å². The predicted octanol–water partition coefficient (Wildman–Crippen LogP) is -0.189. The minimum Gasteiger partial charge on any atom is -0.377 e. The molecule has 0 aromatic carbocycles. The summed E-state index contributed by atoms with van der Waals surface area (Å²) in [5.74, 6) is 0. The summed E-state index contributed by atoms with van der Waals surface area (Å²) in [5.41, 5.74) is 5.85. The summed E-state index contributed by atoms with van der Waals surface area (Å²) >= 11 is 0. The molecule has 1 saturated heterocycles. The van der Waals surface area contributed by atoms with Crippen molar-refractivity contribution in [3.8, 4) is 0 Å². The Kier molecular flexibility index (Phi) is 4.60. The van der Waals surface area contributed by atoms with Gasteiger partial charge in [0, 0.05) is 25.7 Å². The van der Waals surface area contributed by atoms with Crippen molar-refractivity contribution in [2.24, 2.45) is 5.73 Å². The Balaban J connectivity index is 1.94. The Morgan fingerprint density at radius 2 is 2.00 bits per heavy atom. The molecule has 106 valence electrons. The number of nitrogens with zero attached hydrogens (tertiary/aromatic N) is 1. The van der Waals surface area contributed by atoms with Crippen molar-refractivity contribution in [1.82, 2.24) is 9.03 Å². The van der Waals surface area contributed by atoms with E-state index in [1.165, 1.54) is 4.31 Å². The molecular weight excluding hydrogens is 254 g/mol. The Labute approximate surface area is 109 Å². The zero-order chi connectivity index (χ0) is 13.2. The zero-order valence-corrected chi connectivity index (χ0v) is 11.7. The van der Waals surface area contributed by atoms with Gasteiger partial charge in [0.2, 0.25) is 0 Å². The van der Waals surface area contributed by atoms with Crippen molar-refractivity contribution in [2.75, 3.05) is 19.7 Å². The van der Waals surface area contributed by atoms with E-state index >= 15 is 0 Å². The molecule has 2 rings (SSSR count). The first kappa shape index (κ1) is 14.2. The quantitative estimate of drug-likeness (QED) is 0.729. The van der Waals surface area contributed by atoms with Crippen molar-refractivity contribution in [3.63, 3.8) is 0 Å². The van der Waals surface area contributed by atoms with Gasteiger partial charge >= 0.3 is 0 Å². The van der Waals surface area contributed by atoms with E-state index in [1.807, 2.05) is 6.92 Å². The molecule has 0 bridgehead atoms. The van der Waals surface area contributed by atoms with E-state index in [0.717, 1.165) is 25.7 Å². The summed E-state index contributed by atoms with van der Waals surface area (Å²) in [6, 6.07) is -0.419. The molecule has 18 heavy (non-hydrogen) atoms. The summed E-state index contributed by atoms with van der Waals surface area (Å²) in [7, 11) is -3.40. The second-order valence-corrected chi connectivity index (χ2v) is 6.70. The van der Waals surface area contributed by atoms with Crippen LogP contribution in [-0.2, 0) is 14.9 Å². The van der Waals surface area contributed by atoms with E-state index < -0.39 is 10.2 Å². The van der Waals surface area contributed by atoms with Crippen LogP contribution in [0.25, 0.3) is 0 Å². The molecule has 1 saturated carbocycles. The molecule has 0 aromatic heterocycles. The van der Waals surface area contributed by atoms with Crippen molar-refractivity contribution in [1.29, 1.82) is 0 Å². The van der Waals surface area contributed by atoms with Crippen LogP contribution in [0.5, 0.6) is 0 Å². The summed E-state index contributed by atoms with van der Waals surface area (Å²) in [6.45, 7) is 3.70.